The van der Waals surface area contributed by atoms with Crippen LogP contribution in [0.15, 0.2) is 47.6 Å². The largest absolute Gasteiger partial charge is 0.378 e. The highest BCUT2D eigenvalue weighted by atomic mass is 16.5. The van der Waals surface area contributed by atoms with Crippen molar-refractivity contribution in [2.45, 2.75) is 110 Å². The van der Waals surface area contributed by atoms with Gasteiger partial charge in [-0.1, -0.05) is 133 Å². The van der Waals surface area contributed by atoms with Crippen molar-refractivity contribution >= 4 is 17.5 Å². The molecule has 1 amide bonds. The van der Waals surface area contributed by atoms with E-state index in [4.69, 9.17) is 4.74 Å². The molecular weight excluding hydrogens is 486 g/mol. The topological polar surface area (TPSA) is 63.7 Å². The molecule has 39 heavy (non-hydrogen) atoms. The number of hydrogen-bond donors (Lipinski definition) is 0. The summed E-state index contributed by atoms with van der Waals surface area (Å²) < 4.78 is 5.14. The molecule has 5 nitrogen and oxygen atoms in total. The van der Waals surface area contributed by atoms with Crippen LogP contribution in [0, 0.1) is 16.7 Å². The number of ketones is 2. The van der Waals surface area contributed by atoms with Gasteiger partial charge < -0.3 is 9.64 Å². The highest BCUT2D eigenvalue weighted by Crippen LogP contribution is 2.24. The highest BCUT2D eigenvalue weighted by Gasteiger charge is 2.25. The SMILES string of the molecule is CC.CC.CC.CC(C)(C)C(=O)C1=CC=CC1.CC(C)(C)C(=O)C1=CCC=C1.CC(C)C(=O)N1CCOCC1. The van der Waals surface area contributed by atoms with Gasteiger partial charge in [-0.3, -0.25) is 14.4 Å². The van der Waals surface area contributed by atoms with Crippen LogP contribution in [0.2, 0.25) is 0 Å². The number of Topliss-reactive ketones (excluding diaryl/α,β-unsaturated/α-hetero) is 2. The predicted molar refractivity (Wildman–Crippen MR) is 169 cm³/mol. The molecule has 1 fully saturated rings. The molecule has 0 aromatic heterocycles. The van der Waals surface area contributed by atoms with E-state index >= 15 is 0 Å². The van der Waals surface area contributed by atoms with Crippen LogP contribution in [-0.2, 0) is 19.1 Å². The molecule has 0 aromatic rings. The highest BCUT2D eigenvalue weighted by molar-refractivity contribution is 6.02. The fourth-order valence-corrected chi connectivity index (χ4v) is 3.31. The lowest BCUT2D eigenvalue weighted by molar-refractivity contribution is -0.138. The molecule has 0 unspecified atom stereocenters. The fourth-order valence-electron chi connectivity index (χ4n) is 3.31. The first kappa shape index (κ1) is 41.2. The van der Waals surface area contributed by atoms with Crippen molar-refractivity contribution in [1.29, 1.82) is 0 Å². The molecule has 0 atom stereocenters. The second-order valence-corrected chi connectivity index (χ2v) is 10.9. The number of allylic oxidation sites excluding steroid dienone is 8. The molecule has 1 aliphatic heterocycles. The normalized spacial score (nSPS) is 15.3. The average Bonchev–Trinajstić information content (AvgIpc) is 3.66. The molecule has 0 aromatic carbocycles. The molecule has 0 spiro atoms. The van der Waals surface area contributed by atoms with E-state index in [1.54, 1.807) is 0 Å². The third-order valence-corrected chi connectivity index (χ3v) is 5.28. The fraction of sp³-hybridized carbons (Fsp3) is 0.676. The summed E-state index contributed by atoms with van der Waals surface area (Å²) in [5.41, 5.74) is 1.35. The molecule has 1 saturated heterocycles. The Balaban J connectivity index is -0.000000453. The van der Waals surface area contributed by atoms with Gasteiger partial charge in [-0.25, -0.2) is 0 Å². The molecule has 0 N–H and O–H groups in total. The van der Waals surface area contributed by atoms with Gasteiger partial charge in [-0.15, -0.1) is 0 Å². The Morgan fingerprint density at radius 3 is 1.62 bits per heavy atom. The van der Waals surface area contributed by atoms with Crippen molar-refractivity contribution in [2.24, 2.45) is 16.7 Å². The van der Waals surface area contributed by atoms with Gasteiger partial charge in [0, 0.05) is 35.4 Å². The monoisotopic (exact) mass is 547 g/mol. The summed E-state index contributed by atoms with van der Waals surface area (Å²) in [5.74, 6) is 0.871. The zero-order valence-electron chi connectivity index (χ0n) is 27.9. The number of amides is 1. The lowest BCUT2D eigenvalue weighted by Gasteiger charge is -2.28. The summed E-state index contributed by atoms with van der Waals surface area (Å²) >= 11 is 0. The lowest BCUT2D eigenvalue weighted by Crippen LogP contribution is -2.42. The number of hydrogen-bond acceptors (Lipinski definition) is 4. The van der Waals surface area contributed by atoms with Gasteiger partial charge in [-0.05, 0) is 18.4 Å². The Morgan fingerprint density at radius 1 is 0.795 bits per heavy atom. The molecule has 0 radical (unpaired) electrons. The second-order valence-electron chi connectivity index (χ2n) is 10.9. The number of morpholine rings is 1. The maximum atomic E-state index is 11.6. The van der Waals surface area contributed by atoms with Gasteiger partial charge in [0.15, 0.2) is 11.6 Å². The minimum Gasteiger partial charge on any atom is -0.378 e. The van der Waals surface area contributed by atoms with E-state index in [2.05, 4.69) is 0 Å². The number of nitrogens with zero attached hydrogens (tertiary/aromatic N) is 1. The molecule has 226 valence electrons. The van der Waals surface area contributed by atoms with Crippen LogP contribution >= 0.6 is 0 Å². The van der Waals surface area contributed by atoms with E-state index in [1.807, 2.05) is 138 Å². The molecule has 2 aliphatic carbocycles. The van der Waals surface area contributed by atoms with E-state index < -0.39 is 0 Å². The van der Waals surface area contributed by atoms with Gasteiger partial charge >= 0.3 is 0 Å². The van der Waals surface area contributed by atoms with Crippen molar-refractivity contribution in [3.05, 3.63) is 47.6 Å². The number of rotatable bonds is 3. The van der Waals surface area contributed by atoms with Gasteiger partial charge in [0.25, 0.3) is 0 Å². The van der Waals surface area contributed by atoms with E-state index in [9.17, 15) is 14.4 Å². The minimum atomic E-state index is -0.236. The van der Waals surface area contributed by atoms with Crippen LogP contribution in [0.1, 0.15) is 110 Å². The van der Waals surface area contributed by atoms with E-state index in [0.717, 1.165) is 37.1 Å². The Labute approximate surface area is 241 Å². The summed E-state index contributed by atoms with van der Waals surface area (Å²) in [4.78, 5) is 36.3. The Hall–Kier alpha value is -2.27. The average molecular weight is 548 g/mol. The summed E-state index contributed by atoms with van der Waals surface area (Å²) in [6.45, 7) is 30.5. The van der Waals surface area contributed by atoms with Crippen LogP contribution in [0.3, 0.4) is 0 Å². The quantitative estimate of drug-likeness (QED) is 0.355. The zero-order valence-corrected chi connectivity index (χ0v) is 27.9. The standard InChI is InChI=1S/2C10H14O.C8H15NO2.3C2H6/c2*1-10(2,3)9(11)8-6-4-5-7-8;1-7(2)8(10)9-3-5-11-6-4-9;3*1-2/h4,6-7H,5H2,1-3H3;4-6H,7H2,1-3H3;7H,3-6H2,1-2H3;3*1-2H3. The Bertz CT molecular complexity index is 809. The number of ether oxygens (including phenoxy) is 1. The van der Waals surface area contributed by atoms with Gasteiger partial charge in [0.05, 0.1) is 13.2 Å². The first-order valence-electron chi connectivity index (χ1n) is 14.9. The van der Waals surface area contributed by atoms with Crippen LogP contribution < -0.4 is 0 Å². The summed E-state index contributed by atoms with van der Waals surface area (Å²) in [6, 6.07) is 0. The van der Waals surface area contributed by atoms with Crippen molar-refractivity contribution in [3.8, 4) is 0 Å². The first-order valence-corrected chi connectivity index (χ1v) is 14.9. The second kappa shape index (κ2) is 22.5. The number of carbonyl (C=O) groups is 3. The lowest BCUT2D eigenvalue weighted by atomic mass is 9.86. The zero-order chi connectivity index (χ0) is 31.2. The maximum Gasteiger partial charge on any atom is 0.225 e. The van der Waals surface area contributed by atoms with Crippen molar-refractivity contribution in [1.82, 2.24) is 4.90 Å². The first-order chi connectivity index (χ1) is 18.2. The summed E-state index contributed by atoms with van der Waals surface area (Å²) in [7, 11) is 0. The van der Waals surface area contributed by atoms with Crippen molar-refractivity contribution < 1.29 is 19.1 Å². The van der Waals surface area contributed by atoms with Crippen LogP contribution in [0.4, 0.5) is 0 Å². The molecular formula is C34H61NO4. The van der Waals surface area contributed by atoms with Crippen molar-refractivity contribution in [2.75, 3.05) is 26.3 Å². The third kappa shape index (κ3) is 17.8. The smallest absolute Gasteiger partial charge is 0.225 e. The Morgan fingerprint density at radius 2 is 1.28 bits per heavy atom. The number of carbonyl (C=O) groups excluding carboxylic acids is 3. The van der Waals surface area contributed by atoms with Crippen molar-refractivity contribution in [3.63, 3.8) is 0 Å². The molecule has 1 heterocycles. The summed E-state index contributed by atoms with van der Waals surface area (Å²) in [6.07, 6.45) is 13.5. The molecule has 0 bridgehead atoms. The molecule has 3 rings (SSSR count). The van der Waals surface area contributed by atoms with Crippen LogP contribution in [0.25, 0.3) is 0 Å². The minimum absolute atomic E-state index is 0.119. The molecule has 5 heteroatoms. The predicted octanol–water partition coefficient (Wildman–Crippen LogP) is 8.56. The van der Waals surface area contributed by atoms with Crippen LogP contribution in [0.5, 0.6) is 0 Å². The molecule has 0 saturated carbocycles. The van der Waals surface area contributed by atoms with Gasteiger partial charge in [0.2, 0.25) is 5.91 Å². The third-order valence-electron chi connectivity index (χ3n) is 5.28. The van der Waals surface area contributed by atoms with Crippen LogP contribution in [-0.4, -0.2) is 48.7 Å². The van der Waals surface area contributed by atoms with E-state index in [1.165, 1.54) is 0 Å². The van der Waals surface area contributed by atoms with Gasteiger partial charge in [0.1, 0.15) is 0 Å². The Kier molecular flexibility index (Phi) is 23.8. The van der Waals surface area contributed by atoms with Gasteiger partial charge in [-0.2, -0.15) is 0 Å². The van der Waals surface area contributed by atoms with E-state index in [0.29, 0.717) is 13.2 Å². The summed E-state index contributed by atoms with van der Waals surface area (Å²) in [5, 5.41) is 0. The maximum absolute atomic E-state index is 11.6. The van der Waals surface area contributed by atoms with E-state index in [-0.39, 0.29) is 34.2 Å². The molecule has 3 aliphatic rings.